The lowest BCUT2D eigenvalue weighted by atomic mass is 10.2. The summed E-state index contributed by atoms with van der Waals surface area (Å²) in [6.07, 6.45) is 0. The number of hydrogen-bond donors (Lipinski definition) is 1. The van der Waals surface area contributed by atoms with Gasteiger partial charge in [0.25, 0.3) is 11.5 Å². The lowest BCUT2D eigenvalue weighted by Gasteiger charge is -2.15. The first kappa shape index (κ1) is 18.4. The van der Waals surface area contributed by atoms with Crippen LogP contribution in [0.2, 0.25) is 0 Å². The Morgan fingerprint density at radius 1 is 0.966 bits per heavy atom. The number of amides is 1. The van der Waals surface area contributed by atoms with E-state index in [0.717, 1.165) is 0 Å². The molecule has 6 nitrogen and oxygen atoms in total. The molecule has 6 heteroatoms. The largest absolute Gasteiger partial charge is 0.497 e. The maximum atomic E-state index is 13.2. The minimum absolute atomic E-state index is 0.111. The van der Waals surface area contributed by atoms with E-state index >= 15 is 0 Å². The highest BCUT2D eigenvalue weighted by atomic mass is 16.5. The Morgan fingerprint density at radius 2 is 1.66 bits per heavy atom. The van der Waals surface area contributed by atoms with Gasteiger partial charge in [0.1, 0.15) is 11.6 Å². The van der Waals surface area contributed by atoms with Gasteiger partial charge in [-0.3, -0.25) is 14.2 Å². The molecule has 0 saturated carbocycles. The second-order valence-electron chi connectivity index (χ2n) is 6.43. The number of aromatic nitrogens is 2. The average molecular weight is 385 g/mol. The van der Waals surface area contributed by atoms with Gasteiger partial charge in [-0.05, 0) is 48.5 Å². The van der Waals surface area contributed by atoms with Crippen LogP contribution in [0.1, 0.15) is 16.2 Å². The van der Waals surface area contributed by atoms with Crippen LogP contribution in [0.15, 0.2) is 83.7 Å². The first-order chi connectivity index (χ1) is 14.2. The number of nitrogens with zero attached hydrogens (tertiary/aromatic N) is 2. The Kier molecular flexibility index (Phi) is 5.07. The molecule has 4 aromatic rings. The number of carbonyl (C=O) groups excluding carboxylic acids is 1. The van der Waals surface area contributed by atoms with E-state index in [1.165, 1.54) is 4.57 Å². The maximum absolute atomic E-state index is 13.2. The normalized spacial score (nSPS) is 10.7. The van der Waals surface area contributed by atoms with E-state index in [9.17, 15) is 9.59 Å². The summed E-state index contributed by atoms with van der Waals surface area (Å²) >= 11 is 0. The molecule has 0 unspecified atom stereocenters. The van der Waals surface area contributed by atoms with E-state index in [-0.39, 0.29) is 18.0 Å². The smallest absolute Gasteiger partial charge is 0.266 e. The van der Waals surface area contributed by atoms with E-state index in [0.29, 0.717) is 33.7 Å². The monoisotopic (exact) mass is 385 g/mol. The fourth-order valence-electron chi connectivity index (χ4n) is 3.15. The third-order valence-electron chi connectivity index (χ3n) is 4.62. The minimum atomic E-state index is -0.228. The number of rotatable bonds is 5. The molecule has 29 heavy (non-hydrogen) atoms. The highest BCUT2D eigenvalue weighted by molar-refractivity contribution is 5.94. The zero-order valence-electron chi connectivity index (χ0n) is 15.8. The van der Waals surface area contributed by atoms with Gasteiger partial charge in [0.05, 0.1) is 30.2 Å². The Hall–Kier alpha value is -3.93. The summed E-state index contributed by atoms with van der Waals surface area (Å²) in [4.78, 5) is 30.3. The standard InChI is InChI=1S/C23H19N3O3/c1-29-18-13-11-17(12-14-18)26-21(15-24-22(27)16-7-3-2-4-8-16)25-20-10-6-5-9-19(20)23(26)28/h2-14H,15H2,1H3,(H,24,27). The van der Waals surface area contributed by atoms with E-state index in [4.69, 9.17) is 4.74 Å². The molecule has 0 fully saturated rings. The first-order valence-corrected chi connectivity index (χ1v) is 9.16. The van der Waals surface area contributed by atoms with Gasteiger partial charge in [0.15, 0.2) is 0 Å². The molecule has 144 valence electrons. The summed E-state index contributed by atoms with van der Waals surface area (Å²) < 4.78 is 6.72. The fraction of sp³-hybridized carbons (Fsp3) is 0.0870. The molecule has 0 aliphatic rings. The molecule has 0 saturated heterocycles. The number of para-hydroxylation sites is 1. The summed E-state index contributed by atoms with van der Waals surface area (Å²) in [7, 11) is 1.59. The van der Waals surface area contributed by atoms with Crippen molar-refractivity contribution in [1.29, 1.82) is 0 Å². The number of methoxy groups -OCH3 is 1. The number of fused-ring (bicyclic) bond motifs is 1. The van der Waals surface area contributed by atoms with Gasteiger partial charge < -0.3 is 10.1 Å². The molecule has 0 spiro atoms. The topological polar surface area (TPSA) is 73.2 Å². The number of ether oxygens (including phenoxy) is 1. The predicted molar refractivity (Wildman–Crippen MR) is 112 cm³/mol. The molecule has 0 aliphatic carbocycles. The van der Waals surface area contributed by atoms with Gasteiger partial charge in [0, 0.05) is 5.56 Å². The molecule has 1 heterocycles. The van der Waals surface area contributed by atoms with Gasteiger partial charge >= 0.3 is 0 Å². The third kappa shape index (κ3) is 3.73. The van der Waals surface area contributed by atoms with Crippen molar-refractivity contribution in [1.82, 2.24) is 14.9 Å². The van der Waals surface area contributed by atoms with Crippen molar-refractivity contribution in [2.45, 2.75) is 6.54 Å². The van der Waals surface area contributed by atoms with Crippen molar-refractivity contribution < 1.29 is 9.53 Å². The van der Waals surface area contributed by atoms with Gasteiger partial charge in [0.2, 0.25) is 0 Å². The second kappa shape index (κ2) is 7.98. The summed E-state index contributed by atoms with van der Waals surface area (Å²) in [5.41, 5.74) is 1.60. The fourth-order valence-corrected chi connectivity index (χ4v) is 3.15. The van der Waals surface area contributed by atoms with Crippen LogP contribution in [0.3, 0.4) is 0 Å². The van der Waals surface area contributed by atoms with Crippen molar-refractivity contribution in [3.8, 4) is 11.4 Å². The molecular formula is C23H19N3O3. The molecule has 3 aromatic carbocycles. The van der Waals surface area contributed by atoms with Crippen LogP contribution in [0.5, 0.6) is 5.75 Å². The van der Waals surface area contributed by atoms with Gasteiger partial charge in [-0.25, -0.2) is 4.98 Å². The van der Waals surface area contributed by atoms with Crippen LogP contribution in [0, 0.1) is 0 Å². The van der Waals surface area contributed by atoms with Crippen LogP contribution >= 0.6 is 0 Å². The van der Waals surface area contributed by atoms with Crippen molar-refractivity contribution >= 4 is 16.8 Å². The van der Waals surface area contributed by atoms with Crippen LogP contribution in [0.4, 0.5) is 0 Å². The number of benzene rings is 3. The molecular weight excluding hydrogens is 366 g/mol. The molecule has 1 N–H and O–H groups in total. The van der Waals surface area contributed by atoms with Crippen molar-refractivity contribution in [3.05, 3.63) is 101 Å². The number of carbonyl (C=O) groups is 1. The minimum Gasteiger partial charge on any atom is -0.497 e. The summed E-state index contributed by atoms with van der Waals surface area (Å²) in [5, 5.41) is 3.37. The Labute approximate surface area is 167 Å². The summed E-state index contributed by atoms with van der Waals surface area (Å²) in [6.45, 7) is 0.111. The van der Waals surface area contributed by atoms with Gasteiger partial charge in [-0.1, -0.05) is 30.3 Å². The Morgan fingerprint density at radius 3 is 2.38 bits per heavy atom. The lowest BCUT2D eigenvalue weighted by Crippen LogP contribution is -2.30. The van der Waals surface area contributed by atoms with Crippen LogP contribution in [-0.4, -0.2) is 22.6 Å². The van der Waals surface area contributed by atoms with Gasteiger partial charge in [-0.15, -0.1) is 0 Å². The van der Waals surface area contributed by atoms with Crippen molar-refractivity contribution in [2.75, 3.05) is 7.11 Å². The molecule has 0 aliphatic heterocycles. The Bertz CT molecular complexity index is 1220. The zero-order chi connectivity index (χ0) is 20.2. The lowest BCUT2D eigenvalue weighted by molar-refractivity contribution is 0.0949. The third-order valence-corrected chi connectivity index (χ3v) is 4.62. The summed E-state index contributed by atoms with van der Waals surface area (Å²) in [5.74, 6) is 0.909. The highest BCUT2D eigenvalue weighted by Gasteiger charge is 2.14. The second-order valence-corrected chi connectivity index (χ2v) is 6.43. The van der Waals surface area contributed by atoms with Crippen LogP contribution in [0.25, 0.3) is 16.6 Å². The Balaban J connectivity index is 1.76. The average Bonchev–Trinajstić information content (AvgIpc) is 2.78. The quantitative estimate of drug-likeness (QED) is 0.572. The summed E-state index contributed by atoms with van der Waals surface area (Å²) in [6, 6.07) is 23.2. The van der Waals surface area contributed by atoms with E-state index < -0.39 is 0 Å². The molecule has 0 atom stereocenters. The van der Waals surface area contributed by atoms with Crippen LogP contribution in [-0.2, 0) is 6.54 Å². The SMILES string of the molecule is COc1ccc(-n2c(CNC(=O)c3ccccc3)nc3ccccc3c2=O)cc1. The predicted octanol–water partition coefficient (Wildman–Crippen LogP) is 3.32. The van der Waals surface area contributed by atoms with Gasteiger partial charge in [-0.2, -0.15) is 0 Å². The number of nitrogens with one attached hydrogen (secondary N) is 1. The van der Waals surface area contributed by atoms with E-state index in [2.05, 4.69) is 10.3 Å². The molecule has 0 radical (unpaired) electrons. The maximum Gasteiger partial charge on any atom is 0.266 e. The van der Waals surface area contributed by atoms with Crippen molar-refractivity contribution in [2.24, 2.45) is 0 Å². The first-order valence-electron chi connectivity index (χ1n) is 9.16. The molecule has 1 amide bonds. The van der Waals surface area contributed by atoms with Crippen molar-refractivity contribution in [3.63, 3.8) is 0 Å². The number of hydrogen-bond acceptors (Lipinski definition) is 4. The highest BCUT2D eigenvalue weighted by Crippen LogP contribution is 2.17. The van der Waals surface area contributed by atoms with Crippen LogP contribution < -0.4 is 15.6 Å². The van der Waals surface area contributed by atoms with E-state index in [1.807, 2.05) is 12.1 Å². The molecule has 1 aromatic heterocycles. The van der Waals surface area contributed by atoms with E-state index in [1.54, 1.807) is 73.8 Å². The molecule has 0 bridgehead atoms. The molecule has 4 rings (SSSR count). The zero-order valence-corrected chi connectivity index (χ0v) is 15.8.